The zero-order chi connectivity index (χ0) is 25.7. The lowest BCUT2D eigenvalue weighted by Gasteiger charge is -2.20. The zero-order valence-corrected chi connectivity index (χ0v) is 22.8. The van der Waals surface area contributed by atoms with Gasteiger partial charge in [-0.15, -0.1) is 0 Å². The lowest BCUT2D eigenvalue weighted by atomic mass is 9.93. The minimum atomic E-state index is -4.39. The molecule has 0 aromatic heterocycles. The second-order valence-electron chi connectivity index (χ2n) is 8.85. The summed E-state index contributed by atoms with van der Waals surface area (Å²) in [6, 6.07) is 9.02. The van der Waals surface area contributed by atoms with Gasteiger partial charge in [-0.05, 0) is 85.0 Å². The molecule has 1 atom stereocenters. The molecule has 9 heteroatoms. The van der Waals surface area contributed by atoms with E-state index in [1.165, 1.54) is 12.1 Å². The number of hydrogen-bond acceptors (Lipinski definition) is 6. The average molecular weight is 513 g/mol. The Morgan fingerprint density at radius 2 is 1.62 bits per heavy atom. The molecule has 1 unspecified atom stereocenters. The van der Waals surface area contributed by atoms with Crippen LogP contribution in [0.15, 0.2) is 35.2 Å². The van der Waals surface area contributed by atoms with Gasteiger partial charge in [0.05, 0.1) is 10.6 Å². The molecule has 0 radical (unpaired) electrons. The largest absolute Gasteiger partial charge is 0.467 e. The number of benzene rings is 2. The van der Waals surface area contributed by atoms with Crippen LogP contribution in [-0.4, -0.2) is 32.9 Å². The Kier molecular flexibility index (Phi) is 9.92. The van der Waals surface area contributed by atoms with E-state index in [2.05, 4.69) is 19.9 Å². The van der Waals surface area contributed by atoms with E-state index in [4.69, 9.17) is 13.4 Å². The predicted molar refractivity (Wildman–Crippen MR) is 134 cm³/mol. The summed E-state index contributed by atoms with van der Waals surface area (Å²) in [5.41, 5.74) is 3.94. The van der Waals surface area contributed by atoms with Crippen molar-refractivity contribution in [2.45, 2.75) is 77.3 Å². The molecule has 0 saturated heterocycles. The van der Waals surface area contributed by atoms with Crippen LogP contribution in [-0.2, 0) is 29.8 Å². The van der Waals surface area contributed by atoms with Crippen molar-refractivity contribution < 1.29 is 31.3 Å². The van der Waals surface area contributed by atoms with E-state index in [0.29, 0.717) is 19.3 Å². The van der Waals surface area contributed by atoms with Crippen molar-refractivity contribution in [3.63, 3.8) is 0 Å². The van der Waals surface area contributed by atoms with Crippen molar-refractivity contribution in [3.8, 4) is 5.75 Å². The standard InChI is InChI=1S/C25H37O7PS/c1-8-21(9-2)33(26,27)32-34(28,29)22-12-18(5)24(19(6)13-22)15-20-10-11-25(31-16-30-7)23(14-20)17(3)4/h10-14,17,21H,8-9,15-16H2,1-7H3,(H,26,27). The summed E-state index contributed by atoms with van der Waals surface area (Å²) >= 11 is 0. The fraction of sp³-hybridized carbons (Fsp3) is 0.520. The highest BCUT2D eigenvalue weighted by molar-refractivity contribution is 7.91. The fourth-order valence-electron chi connectivity index (χ4n) is 3.99. The van der Waals surface area contributed by atoms with Gasteiger partial charge in [-0.2, -0.15) is 12.4 Å². The number of ether oxygens (including phenoxy) is 2. The first-order chi connectivity index (χ1) is 15.9. The highest BCUT2D eigenvalue weighted by Gasteiger charge is 2.36. The molecule has 0 heterocycles. The maximum absolute atomic E-state index is 12.8. The summed E-state index contributed by atoms with van der Waals surface area (Å²) < 4.78 is 53.8. The summed E-state index contributed by atoms with van der Waals surface area (Å²) in [4.78, 5) is 10.1. The summed E-state index contributed by atoms with van der Waals surface area (Å²) in [5, 5.41) is 0. The van der Waals surface area contributed by atoms with E-state index in [9.17, 15) is 17.9 Å². The van der Waals surface area contributed by atoms with Gasteiger partial charge < -0.3 is 14.4 Å². The molecule has 2 aromatic rings. The molecule has 190 valence electrons. The van der Waals surface area contributed by atoms with Crippen LogP contribution in [0.25, 0.3) is 0 Å². The molecule has 2 rings (SSSR count). The summed E-state index contributed by atoms with van der Waals surface area (Å²) in [6.07, 6.45) is 1.31. The Morgan fingerprint density at radius 1 is 1.03 bits per heavy atom. The number of rotatable bonds is 12. The van der Waals surface area contributed by atoms with E-state index in [-0.39, 0.29) is 17.6 Å². The first-order valence-corrected chi connectivity index (χ1v) is 14.5. The van der Waals surface area contributed by atoms with Crippen molar-refractivity contribution >= 4 is 17.7 Å². The monoisotopic (exact) mass is 512 g/mol. The van der Waals surface area contributed by atoms with Crippen LogP contribution in [0.4, 0.5) is 0 Å². The van der Waals surface area contributed by atoms with Crippen molar-refractivity contribution in [2.24, 2.45) is 0 Å². The molecule has 0 saturated carbocycles. The van der Waals surface area contributed by atoms with Crippen LogP contribution in [0.1, 0.15) is 74.3 Å². The van der Waals surface area contributed by atoms with Crippen LogP contribution in [0, 0.1) is 13.8 Å². The van der Waals surface area contributed by atoms with Crippen LogP contribution in [0.5, 0.6) is 5.75 Å². The smallest absolute Gasteiger partial charge is 0.345 e. The molecule has 0 aliphatic carbocycles. The lowest BCUT2D eigenvalue weighted by Crippen LogP contribution is -2.14. The molecular weight excluding hydrogens is 475 g/mol. The normalized spacial score (nSPS) is 13.9. The van der Waals surface area contributed by atoms with Gasteiger partial charge in [0.25, 0.3) is 0 Å². The van der Waals surface area contributed by atoms with Gasteiger partial charge in [0.15, 0.2) is 6.79 Å². The second kappa shape index (κ2) is 11.8. The van der Waals surface area contributed by atoms with Gasteiger partial charge in [-0.25, -0.2) is 0 Å². The third-order valence-corrected chi connectivity index (χ3v) is 10.1. The third-order valence-electron chi connectivity index (χ3n) is 5.98. The van der Waals surface area contributed by atoms with Gasteiger partial charge in [0.1, 0.15) is 5.75 Å². The Bertz CT molecular complexity index is 1110. The van der Waals surface area contributed by atoms with Gasteiger partial charge in [-0.1, -0.05) is 39.8 Å². The molecule has 7 nitrogen and oxygen atoms in total. The molecule has 0 spiro atoms. The third kappa shape index (κ3) is 6.92. The van der Waals surface area contributed by atoms with Crippen molar-refractivity contribution in [1.29, 1.82) is 0 Å². The molecule has 0 bridgehead atoms. The van der Waals surface area contributed by atoms with Crippen LogP contribution >= 0.6 is 7.60 Å². The summed E-state index contributed by atoms with van der Waals surface area (Å²) in [7, 11) is -7.14. The van der Waals surface area contributed by atoms with E-state index < -0.39 is 23.4 Å². The van der Waals surface area contributed by atoms with Gasteiger partial charge >= 0.3 is 17.7 Å². The first-order valence-electron chi connectivity index (χ1n) is 11.5. The number of methoxy groups -OCH3 is 1. The Balaban J connectivity index is 2.36. The molecule has 1 N–H and O–H groups in total. The topological polar surface area (TPSA) is 99.1 Å². The van der Waals surface area contributed by atoms with Gasteiger partial charge in [-0.3, -0.25) is 4.57 Å². The predicted octanol–water partition coefficient (Wildman–Crippen LogP) is 6.08. The van der Waals surface area contributed by atoms with Crippen LogP contribution in [0.3, 0.4) is 0 Å². The minimum Gasteiger partial charge on any atom is -0.467 e. The van der Waals surface area contributed by atoms with Crippen molar-refractivity contribution in [1.82, 2.24) is 0 Å². The lowest BCUT2D eigenvalue weighted by molar-refractivity contribution is 0.0502. The maximum Gasteiger partial charge on any atom is 0.345 e. The molecule has 0 amide bonds. The van der Waals surface area contributed by atoms with E-state index >= 15 is 0 Å². The SMILES string of the molecule is CCC(CC)P(=O)(O)OS(=O)(=O)c1cc(C)c(Cc2ccc(OCOC)c(C(C)C)c2)c(C)c1. The van der Waals surface area contributed by atoms with Crippen molar-refractivity contribution in [2.75, 3.05) is 13.9 Å². The average Bonchev–Trinajstić information content (AvgIpc) is 2.74. The fourth-order valence-corrected chi connectivity index (χ4v) is 7.51. The Morgan fingerprint density at radius 3 is 2.12 bits per heavy atom. The summed E-state index contributed by atoms with van der Waals surface area (Å²) in [5.74, 6) is 1.03. The molecular formula is C25H37O7PS. The van der Waals surface area contributed by atoms with Crippen molar-refractivity contribution in [3.05, 3.63) is 58.1 Å². The molecule has 0 aliphatic rings. The molecule has 2 aromatic carbocycles. The highest BCUT2D eigenvalue weighted by Crippen LogP contribution is 2.52. The van der Waals surface area contributed by atoms with E-state index in [1.54, 1.807) is 21.0 Å². The molecule has 34 heavy (non-hydrogen) atoms. The Labute approximate surface area is 204 Å². The van der Waals surface area contributed by atoms with Crippen LogP contribution in [0.2, 0.25) is 0 Å². The van der Waals surface area contributed by atoms with E-state index in [1.807, 2.05) is 26.0 Å². The maximum atomic E-state index is 12.8. The van der Waals surface area contributed by atoms with Crippen LogP contribution < -0.4 is 4.74 Å². The summed E-state index contributed by atoms with van der Waals surface area (Å²) in [6.45, 7) is 11.5. The number of aryl methyl sites for hydroxylation is 2. The Hall–Kier alpha value is -1.70. The molecule has 0 fully saturated rings. The molecule has 0 aliphatic heterocycles. The zero-order valence-electron chi connectivity index (χ0n) is 21.1. The quantitative estimate of drug-likeness (QED) is 0.272. The van der Waals surface area contributed by atoms with Gasteiger partial charge in [0, 0.05) is 7.11 Å². The van der Waals surface area contributed by atoms with E-state index in [0.717, 1.165) is 33.6 Å². The van der Waals surface area contributed by atoms with Gasteiger partial charge in [0.2, 0.25) is 0 Å². The second-order valence-corrected chi connectivity index (χ2v) is 12.7. The number of hydrogen-bond donors (Lipinski definition) is 1. The first kappa shape index (κ1) is 28.5. The minimum absolute atomic E-state index is 0.113. The highest BCUT2D eigenvalue weighted by atomic mass is 32.2.